The fraction of sp³-hybridized carbons (Fsp3) is 0.217. The first-order valence-corrected chi connectivity index (χ1v) is 9.71. The molecular weight excluding hydrogens is 439 g/mol. The van der Waals surface area contributed by atoms with Crippen LogP contribution in [0.25, 0.3) is 28.0 Å². The number of hydrogen-bond donors (Lipinski definition) is 0. The molecule has 4 rings (SSSR count). The third-order valence-electron chi connectivity index (χ3n) is 5.14. The molecule has 0 atom stereocenters. The molecule has 4 aromatic rings. The summed E-state index contributed by atoms with van der Waals surface area (Å²) in [6.07, 6.45) is -3.31. The summed E-state index contributed by atoms with van der Waals surface area (Å²) in [5.41, 5.74) is 0.612. The highest BCUT2D eigenvalue weighted by atomic mass is 19.4. The maximum absolute atomic E-state index is 13.9. The number of rotatable bonds is 6. The fourth-order valence-corrected chi connectivity index (χ4v) is 3.52. The van der Waals surface area contributed by atoms with Gasteiger partial charge in [-0.3, -0.25) is 0 Å². The van der Waals surface area contributed by atoms with E-state index in [1.54, 1.807) is 36.4 Å². The maximum atomic E-state index is 13.9. The zero-order valence-corrected chi connectivity index (χ0v) is 18.2. The average Bonchev–Trinajstić information content (AvgIpc) is 3.25. The molecule has 2 heterocycles. The Labute approximate surface area is 187 Å². The first-order valence-electron chi connectivity index (χ1n) is 9.71. The Morgan fingerprint density at radius 2 is 1.27 bits per heavy atom. The molecule has 172 valence electrons. The van der Waals surface area contributed by atoms with Crippen molar-refractivity contribution >= 4 is 5.65 Å². The molecule has 0 aliphatic carbocycles. The Balaban J connectivity index is 1.96. The van der Waals surface area contributed by atoms with Gasteiger partial charge in [0, 0.05) is 11.1 Å². The predicted molar refractivity (Wildman–Crippen MR) is 115 cm³/mol. The molecule has 10 heteroatoms. The minimum absolute atomic E-state index is 0.0434. The van der Waals surface area contributed by atoms with Gasteiger partial charge in [-0.1, -0.05) is 6.07 Å². The van der Waals surface area contributed by atoms with E-state index >= 15 is 0 Å². The van der Waals surface area contributed by atoms with Crippen molar-refractivity contribution in [2.75, 3.05) is 28.4 Å². The Bertz CT molecular complexity index is 1320. The van der Waals surface area contributed by atoms with Gasteiger partial charge in [0.2, 0.25) is 0 Å². The lowest BCUT2D eigenvalue weighted by Gasteiger charge is -2.13. The second-order valence-corrected chi connectivity index (χ2v) is 6.96. The van der Waals surface area contributed by atoms with Crippen LogP contribution < -0.4 is 18.9 Å². The van der Waals surface area contributed by atoms with Crippen LogP contribution in [0.1, 0.15) is 5.69 Å². The summed E-state index contributed by atoms with van der Waals surface area (Å²) < 4.78 is 63.7. The topological polar surface area (TPSA) is 67.1 Å². The molecule has 0 saturated heterocycles. The molecule has 0 spiro atoms. The first kappa shape index (κ1) is 22.3. The zero-order valence-electron chi connectivity index (χ0n) is 18.2. The Hall–Kier alpha value is -3.95. The van der Waals surface area contributed by atoms with E-state index in [4.69, 9.17) is 18.9 Å². The minimum Gasteiger partial charge on any atom is -0.493 e. The van der Waals surface area contributed by atoms with Crippen molar-refractivity contribution in [2.24, 2.45) is 0 Å². The lowest BCUT2D eigenvalue weighted by molar-refractivity contribution is -0.142. The first-order chi connectivity index (χ1) is 15.8. The van der Waals surface area contributed by atoms with Gasteiger partial charge in [0.15, 0.2) is 34.3 Å². The van der Waals surface area contributed by atoms with Gasteiger partial charge >= 0.3 is 6.18 Å². The van der Waals surface area contributed by atoms with E-state index in [1.165, 1.54) is 34.6 Å². The minimum atomic E-state index is -4.66. The third-order valence-corrected chi connectivity index (χ3v) is 5.14. The standard InChI is InChI=1S/C23H20F3N3O4/c1-30-17-7-5-13(9-19(17)32-3)15-12-27-29-21(23(24,25)26)11-16(28-22(15)29)14-6-8-18(31-2)20(10-14)33-4/h5-12H,1-4H3. The summed E-state index contributed by atoms with van der Waals surface area (Å²) in [6, 6.07) is 10.8. The quantitative estimate of drug-likeness (QED) is 0.399. The van der Waals surface area contributed by atoms with Crippen LogP contribution in [0, 0.1) is 0 Å². The van der Waals surface area contributed by atoms with Crippen LogP contribution in [0.3, 0.4) is 0 Å². The lowest BCUT2D eigenvalue weighted by Crippen LogP contribution is -2.13. The van der Waals surface area contributed by atoms with E-state index in [9.17, 15) is 13.2 Å². The van der Waals surface area contributed by atoms with Gasteiger partial charge in [-0.05, 0) is 42.0 Å². The van der Waals surface area contributed by atoms with E-state index in [-0.39, 0.29) is 11.3 Å². The summed E-state index contributed by atoms with van der Waals surface area (Å²) in [7, 11) is 5.91. The van der Waals surface area contributed by atoms with E-state index < -0.39 is 11.9 Å². The predicted octanol–water partition coefficient (Wildman–Crippen LogP) is 5.12. The second kappa shape index (κ2) is 8.53. The molecule has 33 heavy (non-hydrogen) atoms. The van der Waals surface area contributed by atoms with Crippen molar-refractivity contribution in [1.29, 1.82) is 0 Å². The van der Waals surface area contributed by atoms with E-state index in [0.29, 0.717) is 39.7 Å². The Morgan fingerprint density at radius 1 is 0.727 bits per heavy atom. The normalized spacial score (nSPS) is 11.5. The molecule has 0 radical (unpaired) electrons. The fourth-order valence-electron chi connectivity index (χ4n) is 3.52. The molecule has 0 aliphatic rings. The highest BCUT2D eigenvalue weighted by Gasteiger charge is 2.35. The number of hydrogen-bond acceptors (Lipinski definition) is 6. The van der Waals surface area contributed by atoms with Crippen molar-refractivity contribution in [3.8, 4) is 45.4 Å². The number of nitrogens with zero attached hydrogens (tertiary/aromatic N) is 3. The summed E-state index contributed by atoms with van der Waals surface area (Å²) >= 11 is 0. The molecule has 0 N–H and O–H groups in total. The summed E-state index contributed by atoms with van der Waals surface area (Å²) in [4.78, 5) is 4.52. The number of aromatic nitrogens is 3. The van der Waals surface area contributed by atoms with Gasteiger partial charge in [-0.25, -0.2) is 9.50 Å². The number of ether oxygens (including phenoxy) is 4. The second-order valence-electron chi connectivity index (χ2n) is 6.96. The maximum Gasteiger partial charge on any atom is 0.433 e. The van der Waals surface area contributed by atoms with Crippen LogP contribution >= 0.6 is 0 Å². The molecule has 7 nitrogen and oxygen atoms in total. The van der Waals surface area contributed by atoms with E-state index in [2.05, 4.69) is 10.1 Å². The van der Waals surface area contributed by atoms with Crippen LogP contribution in [0.2, 0.25) is 0 Å². The van der Waals surface area contributed by atoms with Gasteiger partial charge < -0.3 is 18.9 Å². The zero-order chi connectivity index (χ0) is 23.8. The molecule has 0 bridgehead atoms. The third kappa shape index (κ3) is 3.99. The van der Waals surface area contributed by atoms with Gasteiger partial charge in [0.25, 0.3) is 0 Å². The number of methoxy groups -OCH3 is 4. The van der Waals surface area contributed by atoms with Crippen molar-refractivity contribution in [1.82, 2.24) is 14.6 Å². The Morgan fingerprint density at radius 3 is 1.82 bits per heavy atom. The van der Waals surface area contributed by atoms with Crippen LogP contribution in [0.15, 0.2) is 48.7 Å². The van der Waals surface area contributed by atoms with Crippen LogP contribution in [0.5, 0.6) is 23.0 Å². The molecule has 0 fully saturated rings. The van der Waals surface area contributed by atoms with Gasteiger partial charge in [0.1, 0.15) is 0 Å². The average molecular weight is 459 g/mol. The Kier molecular flexibility index (Phi) is 5.75. The highest BCUT2D eigenvalue weighted by Crippen LogP contribution is 2.38. The molecule has 2 aromatic heterocycles. The summed E-state index contributed by atoms with van der Waals surface area (Å²) in [5.74, 6) is 1.75. The molecular formula is C23H20F3N3O4. The largest absolute Gasteiger partial charge is 0.493 e. The SMILES string of the molecule is COc1ccc(-c2cc(C(F)(F)F)n3ncc(-c4ccc(OC)c(OC)c4)c3n2)cc1OC. The molecule has 2 aromatic carbocycles. The van der Waals surface area contributed by atoms with Crippen LogP contribution in [-0.4, -0.2) is 43.0 Å². The van der Waals surface area contributed by atoms with E-state index in [0.717, 1.165) is 10.6 Å². The molecule has 0 saturated carbocycles. The summed E-state index contributed by atoms with van der Waals surface area (Å²) in [6.45, 7) is 0. The van der Waals surface area contributed by atoms with Gasteiger partial charge in [0.05, 0.1) is 40.3 Å². The number of benzene rings is 2. The number of fused-ring (bicyclic) bond motifs is 1. The van der Waals surface area contributed by atoms with Crippen LogP contribution in [-0.2, 0) is 6.18 Å². The molecule has 0 aliphatic heterocycles. The van der Waals surface area contributed by atoms with Crippen molar-refractivity contribution < 1.29 is 32.1 Å². The van der Waals surface area contributed by atoms with Crippen molar-refractivity contribution in [3.63, 3.8) is 0 Å². The van der Waals surface area contributed by atoms with Gasteiger partial charge in [-0.15, -0.1) is 0 Å². The van der Waals surface area contributed by atoms with Crippen LogP contribution in [0.4, 0.5) is 13.2 Å². The lowest BCUT2D eigenvalue weighted by atomic mass is 10.1. The number of alkyl halides is 3. The molecule has 0 unspecified atom stereocenters. The van der Waals surface area contributed by atoms with Crippen molar-refractivity contribution in [2.45, 2.75) is 6.18 Å². The summed E-state index contributed by atoms with van der Waals surface area (Å²) in [5, 5.41) is 3.97. The van der Waals surface area contributed by atoms with Crippen molar-refractivity contribution in [3.05, 3.63) is 54.4 Å². The highest BCUT2D eigenvalue weighted by molar-refractivity contribution is 5.80. The molecule has 0 amide bonds. The van der Waals surface area contributed by atoms with Gasteiger partial charge in [-0.2, -0.15) is 18.3 Å². The smallest absolute Gasteiger partial charge is 0.433 e. The monoisotopic (exact) mass is 459 g/mol. The van der Waals surface area contributed by atoms with E-state index in [1.807, 2.05) is 0 Å². The number of halogens is 3.